The van der Waals surface area contributed by atoms with E-state index >= 15 is 0 Å². The first kappa shape index (κ1) is 11.4. The SMILES string of the molecule is COc1nc(C)c(C(F)F)cc1C(N)=O. The highest BCUT2D eigenvalue weighted by Gasteiger charge is 2.18. The number of carbonyl (C=O) groups excluding carboxylic acids is 1. The summed E-state index contributed by atoms with van der Waals surface area (Å²) in [7, 11) is 1.29. The zero-order chi connectivity index (χ0) is 11.6. The quantitative estimate of drug-likeness (QED) is 0.831. The number of amides is 1. The van der Waals surface area contributed by atoms with Gasteiger partial charge in [0, 0.05) is 5.56 Å². The normalized spacial score (nSPS) is 10.5. The predicted molar refractivity (Wildman–Crippen MR) is 49.0 cm³/mol. The number of aryl methyl sites for hydroxylation is 1. The summed E-state index contributed by atoms with van der Waals surface area (Å²) in [4.78, 5) is 14.7. The lowest BCUT2D eigenvalue weighted by Crippen LogP contribution is -2.14. The molecule has 4 nitrogen and oxygen atoms in total. The number of methoxy groups -OCH3 is 1. The van der Waals surface area contributed by atoms with Gasteiger partial charge in [0.25, 0.3) is 12.3 Å². The molecule has 0 fully saturated rings. The highest BCUT2D eigenvalue weighted by molar-refractivity contribution is 5.95. The minimum Gasteiger partial charge on any atom is -0.480 e. The molecule has 1 rings (SSSR count). The molecule has 0 saturated carbocycles. The molecule has 0 unspecified atom stereocenters. The fourth-order valence-electron chi connectivity index (χ4n) is 1.15. The van der Waals surface area contributed by atoms with Crippen LogP contribution in [0.5, 0.6) is 5.88 Å². The number of carbonyl (C=O) groups is 1. The topological polar surface area (TPSA) is 65.2 Å². The summed E-state index contributed by atoms with van der Waals surface area (Å²) in [5, 5.41) is 0. The third kappa shape index (κ3) is 2.20. The van der Waals surface area contributed by atoms with Gasteiger partial charge in [0.1, 0.15) is 5.56 Å². The average molecular weight is 216 g/mol. The number of primary amides is 1. The molecule has 0 bridgehead atoms. The maximum absolute atomic E-state index is 12.5. The molecule has 0 aromatic carbocycles. The first-order valence-corrected chi connectivity index (χ1v) is 4.10. The second-order valence-electron chi connectivity index (χ2n) is 2.88. The molecule has 82 valence electrons. The van der Waals surface area contributed by atoms with E-state index in [0.29, 0.717) is 0 Å². The van der Waals surface area contributed by atoms with E-state index in [1.54, 1.807) is 0 Å². The average Bonchev–Trinajstić information content (AvgIpc) is 2.16. The van der Waals surface area contributed by atoms with Crippen molar-refractivity contribution in [3.63, 3.8) is 0 Å². The molecule has 1 amide bonds. The zero-order valence-electron chi connectivity index (χ0n) is 8.25. The number of ether oxygens (including phenoxy) is 1. The van der Waals surface area contributed by atoms with Gasteiger partial charge >= 0.3 is 0 Å². The van der Waals surface area contributed by atoms with Crippen LogP contribution in [0.3, 0.4) is 0 Å². The van der Waals surface area contributed by atoms with E-state index in [1.807, 2.05) is 0 Å². The molecular formula is C9H10F2N2O2. The molecule has 0 aliphatic heterocycles. The van der Waals surface area contributed by atoms with Crippen molar-refractivity contribution in [2.24, 2.45) is 5.73 Å². The fourth-order valence-corrected chi connectivity index (χ4v) is 1.15. The van der Waals surface area contributed by atoms with Crippen LogP contribution in [0.2, 0.25) is 0 Å². The molecule has 1 aromatic heterocycles. The minimum atomic E-state index is -2.69. The van der Waals surface area contributed by atoms with Gasteiger partial charge < -0.3 is 10.5 Å². The Morgan fingerprint density at radius 1 is 1.60 bits per heavy atom. The number of hydrogen-bond acceptors (Lipinski definition) is 3. The summed E-state index contributed by atoms with van der Waals surface area (Å²) in [6.07, 6.45) is -2.69. The first-order chi connectivity index (χ1) is 6.97. The number of hydrogen-bond donors (Lipinski definition) is 1. The number of nitrogens with zero attached hydrogens (tertiary/aromatic N) is 1. The van der Waals surface area contributed by atoms with Crippen LogP contribution in [0, 0.1) is 6.92 Å². The van der Waals surface area contributed by atoms with Crippen LogP contribution < -0.4 is 10.5 Å². The Morgan fingerprint density at radius 2 is 2.20 bits per heavy atom. The summed E-state index contributed by atoms with van der Waals surface area (Å²) in [5.74, 6) is -0.884. The van der Waals surface area contributed by atoms with E-state index in [1.165, 1.54) is 14.0 Å². The summed E-state index contributed by atoms with van der Waals surface area (Å²) >= 11 is 0. The molecule has 1 heterocycles. The Kier molecular flexibility index (Phi) is 3.18. The van der Waals surface area contributed by atoms with Gasteiger partial charge in [-0.15, -0.1) is 0 Å². The van der Waals surface area contributed by atoms with Crippen molar-refractivity contribution in [1.82, 2.24) is 4.98 Å². The first-order valence-electron chi connectivity index (χ1n) is 4.10. The van der Waals surface area contributed by atoms with Crippen LogP contribution in [-0.2, 0) is 0 Å². The van der Waals surface area contributed by atoms with Crippen LogP contribution in [0.1, 0.15) is 28.0 Å². The maximum Gasteiger partial charge on any atom is 0.265 e. The summed E-state index contributed by atoms with van der Waals surface area (Å²) < 4.78 is 29.7. The number of halogens is 2. The Hall–Kier alpha value is -1.72. The predicted octanol–water partition coefficient (Wildman–Crippen LogP) is 1.44. The molecule has 0 aliphatic rings. The molecule has 6 heteroatoms. The molecule has 1 aromatic rings. The van der Waals surface area contributed by atoms with E-state index in [0.717, 1.165) is 6.07 Å². The summed E-state index contributed by atoms with van der Waals surface area (Å²) in [6.45, 7) is 1.41. The van der Waals surface area contributed by atoms with E-state index in [4.69, 9.17) is 10.5 Å². The van der Waals surface area contributed by atoms with Crippen LogP contribution in [0.25, 0.3) is 0 Å². The third-order valence-corrected chi connectivity index (χ3v) is 1.91. The highest BCUT2D eigenvalue weighted by Crippen LogP contribution is 2.26. The van der Waals surface area contributed by atoms with Gasteiger partial charge in [0.05, 0.1) is 12.8 Å². The number of alkyl halides is 2. The Morgan fingerprint density at radius 3 is 2.60 bits per heavy atom. The zero-order valence-corrected chi connectivity index (χ0v) is 8.25. The van der Waals surface area contributed by atoms with Gasteiger partial charge in [-0.05, 0) is 13.0 Å². The van der Waals surface area contributed by atoms with E-state index in [-0.39, 0.29) is 22.7 Å². The number of pyridine rings is 1. The van der Waals surface area contributed by atoms with Crippen molar-refractivity contribution in [1.29, 1.82) is 0 Å². The van der Waals surface area contributed by atoms with Crippen LogP contribution in [-0.4, -0.2) is 18.0 Å². The Labute approximate surface area is 85.1 Å². The van der Waals surface area contributed by atoms with Crippen LogP contribution in [0.15, 0.2) is 6.07 Å². The third-order valence-electron chi connectivity index (χ3n) is 1.91. The van der Waals surface area contributed by atoms with E-state index < -0.39 is 12.3 Å². The van der Waals surface area contributed by atoms with Gasteiger partial charge in [-0.25, -0.2) is 13.8 Å². The molecule has 0 radical (unpaired) electrons. The van der Waals surface area contributed by atoms with Gasteiger partial charge in [-0.3, -0.25) is 4.79 Å². The number of rotatable bonds is 3. The number of nitrogens with two attached hydrogens (primary N) is 1. The lowest BCUT2D eigenvalue weighted by Gasteiger charge is -2.09. The molecule has 0 aliphatic carbocycles. The molecule has 0 saturated heterocycles. The Balaban J connectivity index is 3.37. The van der Waals surface area contributed by atoms with Crippen molar-refractivity contribution in [2.75, 3.05) is 7.11 Å². The molecular weight excluding hydrogens is 206 g/mol. The van der Waals surface area contributed by atoms with Gasteiger partial charge in [-0.2, -0.15) is 0 Å². The lowest BCUT2D eigenvalue weighted by atomic mass is 10.1. The Bertz CT molecular complexity index is 394. The summed E-state index contributed by atoms with van der Waals surface area (Å²) in [6, 6.07) is 1.01. The number of aromatic nitrogens is 1. The smallest absolute Gasteiger partial charge is 0.265 e. The lowest BCUT2D eigenvalue weighted by molar-refractivity contribution is 0.0996. The monoisotopic (exact) mass is 216 g/mol. The highest BCUT2D eigenvalue weighted by atomic mass is 19.3. The van der Waals surface area contributed by atoms with E-state index in [9.17, 15) is 13.6 Å². The van der Waals surface area contributed by atoms with E-state index in [2.05, 4.69) is 4.98 Å². The van der Waals surface area contributed by atoms with Crippen molar-refractivity contribution in [3.05, 3.63) is 22.9 Å². The maximum atomic E-state index is 12.5. The molecule has 0 atom stereocenters. The summed E-state index contributed by atoms with van der Waals surface area (Å²) in [5.41, 5.74) is 4.67. The fraction of sp³-hybridized carbons (Fsp3) is 0.333. The van der Waals surface area contributed by atoms with Crippen molar-refractivity contribution in [3.8, 4) is 5.88 Å². The van der Waals surface area contributed by atoms with Crippen molar-refractivity contribution in [2.45, 2.75) is 13.3 Å². The second kappa shape index (κ2) is 4.20. The van der Waals surface area contributed by atoms with Crippen LogP contribution >= 0.6 is 0 Å². The van der Waals surface area contributed by atoms with Gasteiger partial charge in [0.15, 0.2) is 0 Å². The standard InChI is InChI=1S/C9H10F2N2O2/c1-4-5(7(10)11)3-6(8(12)14)9(13-4)15-2/h3,7H,1-2H3,(H2,12,14). The molecule has 0 spiro atoms. The van der Waals surface area contributed by atoms with Crippen molar-refractivity contribution < 1.29 is 18.3 Å². The second-order valence-corrected chi connectivity index (χ2v) is 2.88. The molecule has 2 N–H and O–H groups in total. The largest absolute Gasteiger partial charge is 0.480 e. The minimum absolute atomic E-state index is 0.0376. The van der Waals surface area contributed by atoms with Gasteiger partial charge in [-0.1, -0.05) is 0 Å². The van der Waals surface area contributed by atoms with Crippen molar-refractivity contribution >= 4 is 5.91 Å². The molecule has 15 heavy (non-hydrogen) atoms. The van der Waals surface area contributed by atoms with Gasteiger partial charge in [0.2, 0.25) is 5.88 Å². The van der Waals surface area contributed by atoms with Crippen LogP contribution in [0.4, 0.5) is 8.78 Å².